The molecule has 0 bridgehead atoms. The van der Waals surface area contributed by atoms with Gasteiger partial charge in [-0.15, -0.1) is 0 Å². The zero-order valence-corrected chi connectivity index (χ0v) is 20.2. The van der Waals surface area contributed by atoms with Crippen LogP contribution in [0.1, 0.15) is 43.0 Å². The van der Waals surface area contributed by atoms with Crippen LogP contribution in [0.3, 0.4) is 0 Å². The fourth-order valence-electron chi connectivity index (χ4n) is 4.38. The normalized spacial score (nSPS) is 14.7. The third kappa shape index (κ3) is 4.73. The fourth-order valence-corrected chi connectivity index (χ4v) is 4.38. The van der Waals surface area contributed by atoms with Crippen molar-refractivity contribution in [2.75, 3.05) is 13.2 Å². The van der Waals surface area contributed by atoms with E-state index in [0.717, 1.165) is 18.7 Å². The van der Waals surface area contributed by atoms with Crippen molar-refractivity contribution in [2.24, 2.45) is 5.73 Å². The molecule has 35 heavy (non-hydrogen) atoms. The highest BCUT2D eigenvalue weighted by Crippen LogP contribution is 2.42. The maximum atomic E-state index is 13.8. The Morgan fingerprint density at radius 2 is 1.94 bits per heavy atom. The Morgan fingerprint density at radius 1 is 1.17 bits per heavy atom. The van der Waals surface area contributed by atoms with Crippen molar-refractivity contribution in [1.29, 1.82) is 5.26 Å². The molecule has 9 nitrogen and oxygen atoms in total. The lowest BCUT2D eigenvalue weighted by molar-refractivity contribution is 0.287. The van der Waals surface area contributed by atoms with Crippen LogP contribution < -0.4 is 25.5 Å². The summed E-state index contributed by atoms with van der Waals surface area (Å²) in [5.41, 5.74) is 7.97. The maximum Gasteiger partial charge on any atom is 0.258 e. The number of aromatic nitrogens is 3. The number of fused-ring (bicyclic) bond motifs is 1. The highest BCUT2D eigenvalue weighted by Gasteiger charge is 2.34. The predicted octanol–water partition coefficient (Wildman–Crippen LogP) is 3.46. The number of rotatable bonds is 9. The molecule has 1 aliphatic rings. The van der Waals surface area contributed by atoms with Crippen molar-refractivity contribution < 1.29 is 14.2 Å². The topological polar surface area (TPSA) is 117 Å². The molecule has 0 saturated heterocycles. The van der Waals surface area contributed by atoms with Crippen molar-refractivity contribution in [3.63, 3.8) is 0 Å². The van der Waals surface area contributed by atoms with Gasteiger partial charge in [0.05, 0.1) is 31.0 Å². The van der Waals surface area contributed by atoms with Crippen molar-refractivity contribution in [3.8, 4) is 23.3 Å². The van der Waals surface area contributed by atoms with Crippen LogP contribution in [-0.4, -0.2) is 27.3 Å². The van der Waals surface area contributed by atoms with E-state index < -0.39 is 5.92 Å². The third-order valence-electron chi connectivity index (χ3n) is 5.95. The lowest BCUT2D eigenvalue weighted by Crippen LogP contribution is -2.33. The number of nitrogens with zero attached hydrogens (tertiary/aromatic N) is 4. The molecular weight excluding hydrogens is 446 g/mol. The summed E-state index contributed by atoms with van der Waals surface area (Å²) in [4.78, 5) is 17.9. The van der Waals surface area contributed by atoms with E-state index in [9.17, 15) is 10.1 Å². The Hall–Kier alpha value is -4.19. The minimum absolute atomic E-state index is 0.00602. The molecule has 0 spiro atoms. The van der Waals surface area contributed by atoms with E-state index in [0.29, 0.717) is 48.1 Å². The summed E-state index contributed by atoms with van der Waals surface area (Å²) < 4.78 is 20.9. The number of hydrogen-bond acceptors (Lipinski definition) is 7. The van der Waals surface area contributed by atoms with Crippen molar-refractivity contribution in [2.45, 2.75) is 46.2 Å². The van der Waals surface area contributed by atoms with Gasteiger partial charge in [-0.2, -0.15) is 5.26 Å². The molecule has 1 aromatic carbocycles. The van der Waals surface area contributed by atoms with Gasteiger partial charge in [-0.25, -0.2) is 4.98 Å². The summed E-state index contributed by atoms with van der Waals surface area (Å²) in [7, 11) is 0. The molecule has 0 amide bonds. The summed E-state index contributed by atoms with van der Waals surface area (Å²) in [6.45, 7) is 7.82. The lowest BCUT2D eigenvalue weighted by Gasteiger charge is -2.28. The van der Waals surface area contributed by atoms with Gasteiger partial charge >= 0.3 is 0 Å². The minimum Gasteiger partial charge on any atom is -0.490 e. The van der Waals surface area contributed by atoms with Gasteiger partial charge < -0.3 is 29.1 Å². The average Bonchev–Trinajstić information content (AvgIpc) is 3.35. The molecular formula is C26H29N5O4. The number of aryl methyl sites for hydroxylation is 2. The fraction of sp³-hybridized carbons (Fsp3) is 0.346. The minimum atomic E-state index is -0.688. The SMILES string of the molecule is CCOc1ccc(C2C(C#N)=C(N)Oc3cc(C)n(CCCn4ccnc4)c(=O)c32)cc1OCC. The molecule has 2 N–H and O–H groups in total. The number of allylic oxidation sites excluding steroid dienone is 1. The Bertz CT molecular complexity index is 1340. The van der Waals surface area contributed by atoms with Gasteiger partial charge in [0.2, 0.25) is 5.88 Å². The summed E-state index contributed by atoms with van der Waals surface area (Å²) in [5.74, 6) is 0.817. The summed E-state index contributed by atoms with van der Waals surface area (Å²) >= 11 is 0. The van der Waals surface area contributed by atoms with E-state index in [4.69, 9.17) is 19.9 Å². The van der Waals surface area contributed by atoms with Crippen molar-refractivity contribution in [1.82, 2.24) is 14.1 Å². The number of imidazole rings is 1. The van der Waals surface area contributed by atoms with Gasteiger partial charge in [-0.05, 0) is 44.9 Å². The third-order valence-corrected chi connectivity index (χ3v) is 5.95. The van der Waals surface area contributed by atoms with Gasteiger partial charge in [0, 0.05) is 37.2 Å². The molecule has 4 rings (SSSR count). The Morgan fingerprint density at radius 3 is 2.63 bits per heavy atom. The quantitative estimate of drug-likeness (QED) is 0.504. The second-order valence-electron chi connectivity index (χ2n) is 8.17. The molecule has 0 saturated carbocycles. The molecule has 1 aliphatic heterocycles. The molecule has 0 aliphatic carbocycles. The van der Waals surface area contributed by atoms with Crippen LogP contribution in [0.25, 0.3) is 0 Å². The first-order chi connectivity index (χ1) is 17.0. The first-order valence-corrected chi connectivity index (χ1v) is 11.7. The number of pyridine rings is 1. The van der Waals surface area contributed by atoms with E-state index in [2.05, 4.69) is 11.1 Å². The molecule has 3 aromatic rings. The Kier molecular flexibility index (Phi) is 7.11. The summed E-state index contributed by atoms with van der Waals surface area (Å²) in [5, 5.41) is 9.95. The van der Waals surface area contributed by atoms with Crippen LogP contribution in [-0.2, 0) is 13.1 Å². The predicted molar refractivity (Wildman–Crippen MR) is 130 cm³/mol. The second-order valence-corrected chi connectivity index (χ2v) is 8.17. The summed E-state index contributed by atoms with van der Waals surface area (Å²) in [6, 6.07) is 9.40. The van der Waals surface area contributed by atoms with Gasteiger partial charge in [-0.3, -0.25) is 4.79 Å². The van der Waals surface area contributed by atoms with E-state index in [1.807, 2.05) is 43.7 Å². The maximum absolute atomic E-state index is 13.8. The van der Waals surface area contributed by atoms with Crippen LogP contribution in [0.5, 0.6) is 17.2 Å². The smallest absolute Gasteiger partial charge is 0.258 e. The molecule has 9 heteroatoms. The molecule has 1 atom stereocenters. The van der Waals surface area contributed by atoms with Gasteiger partial charge in [0.1, 0.15) is 17.4 Å². The van der Waals surface area contributed by atoms with Crippen molar-refractivity contribution in [3.05, 3.63) is 81.6 Å². The average molecular weight is 476 g/mol. The molecule has 182 valence electrons. The second kappa shape index (κ2) is 10.4. The zero-order chi connectivity index (χ0) is 24.9. The molecule has 0 fully saturated rings. The Labute approximate surface area is 204 Å². The molecule has 3 heterocycles. The standard InChI is InChI=1S/C26H29N5O4/c1-4-33-20-8-7-18(14-21(20)34-5-2)23-19(15-27)25(28)35-22-13-17(3)31(26(32)24(22)23)11-6-10-30-12-9-29-16-30/h7-9,12-14,16,23H,4-6,10-11,28H2,1-3H3. The lowest BCUT2D eigenvalue weighted by atomic mass is 9.84. The van der Waals surface area contributed by atoms with Crippen LogP contribution in [0, 0.1) is 18.3 Å². The highest BCUT2D eigenvalue weighted by molar-refractivity contribution is 5.57. The number of ether oxygens (including phenoxy) is 3. The largest absolute Gasteiger partial charge is 0.490 e. The monoisotopic (exact) mass is 475 g/mol. The van der Waals surface area contributed by atoms with Gasteiger partial charge in [0.15, 0.2) is 11.5 Å². The number of nitriles is 1. The summed E-state index contributed by atoms with van der Waals surface area (Å²) in [6.07, 6.45) is 6.11. The number of nitrogens with two attached hydrogens (primary N) is 1. The van der Waals surface area contributed by atoms with Crippen LogP contribution in [0.15, 0.2) is 59.2 Å². The van der Waals surface area contributed by atoms with E-state index in [-0.39, 0.29) is 17.0 Å². The first-order valence-electron chi connectivity index (χ1n) is 11.7. The van der Waals surface area contributed by atoms with E-state index in [1.165, 1.54) is 0 Å². The van der Waals surface area contributed by atoms with E-state index >= 15 is 0 Å². The molecule has 1 unspecified atom stereocenters. The van der Waals surface area contributed by atoms with Gasteiger partial charge in [0.25, 0.3) is 5.56 Å². The van der Waals surface area contributed by atoms with Gasteiger partial charge in [-0.1, -0.05) is 6.07 Å². The van der Waals surface area contributed by atoms with Crippen LogP contribution in [0.2, 0.25) is 0 Å². The first kappa shape index (κ1) is 24.0. The van der Waals surface area contributed by atoms with Crippen LogP contribution in [0.4, 0.5) is 0 Å². The Balaban J connectivity index is 1.79. The van der Waals surface area contributed by atoms with Crippen LogP contribution >= 0.6 is 0 Å². The number of benzene rings is 1. The van der Waals surface area contributed by atoms with E-state index in [1.54, 1.807) is 29.2 Å². The highest BCUT2D eigenvalue weighted by atomic mass is 16.5. The molecule has 0 radical (unpaired) electrons. The van der Waals surface area contributed by atoms with Crippen molar-refractivity contribution >= 4 is 0 Å². The zero-order valence-electron chi connectivity index (χ0n) is 20.2. The number of hydrogen-bond donors (Lipinski definition) is 1. The molecule has 2 aromatic heterocycles.